The SMILES string of the molecule is Cc1ccc(COc2cccc(/C=C/C(N)=O)c2)cc1. The summed E-state index contributed by atoms with van der Waals surface area (Å²) in [5, 5.41) is 0. The zero-order valence-corrected chi connectivity index (χ0v) is 11.4. The molecule has 0 bridgehead atoms. The first kappa shape index (κ1) is 13.9. The molecule has 0 aromatic heterocycles. The van der Waals surface area contributed by atoms with Crippen LogP contribution in [-0.4, -0.2) is 5.91 Å². The van der Waals surface area contributed by atoms with Crippen LogP contribution in [0, 0.1) is 6.92 Å². The number of hydrogen-bond acceptors (Lipinski definition) is 2. The number of ether oxygens (including phenoxy) is 1. The summed E-state index contributed by atoms with van der Waals surface area (Å²) in [4.78, 5) is 10.7. The van der Waals surface area contributed by atoms with Crippen LogP contribution in [0.15, 0.2) is 54.6 Å². The molecule has 3 nitrogen and oxygen atoms in total. The van der Waals surface area contributed by atoms with Crippen LogP contribution in [0.5, 0.6) is 5.75 Å². The Hall–Kier alpha value is -2.55. The van der Waals surface area contributed by atoms with Gasteiger partial charge in [-0.3, -0.25) is 4.79 Å². The molecule has 2 N–H and O–H groups in total. The van der Waals surface area contributed by atoms with Gasteiger partial charge in [0.1, 0.15) is 12.4 Å². The Labute approximate surface area is 118 Å². The molecule has 0 aliphatic rings. The first-order valence-corrected chi connectivity index (χ1v) is 6.39. The summed E-state index contributed by atoms with van der Waals surface area (Å²) >= 11 is 0. The van der Waals surface area contributed by atoms with Crippen molar-refractivity contribution in [2.24, 2.45) is 5.73 Å². The van der Waals surface area contributed by atoms with Gasteiger partial charge in [0.05, 0.1) is 0 Å². The van der Waals surface area contributed by atoms with E-state index in [4.69, 9.17) is 10.5 Å². The van der Waals surface area contributed by atoms with Crippen molar-refractivity contribution in [2.75, 3.05) is 0 Å². The highest BCUT2D eigenvalue weighted by molar-refractivity contribution is 5.90. The van der Waals surface area contributed by atoms with Gasteiger partial charge in [-0.05, 0) is 36.3 Å². The molecule has 0 radical (unpaired) electrons. The van der Waals surface area contributed by atoms with Crippen LogP contribution in [0.1, 0.15) is 16.7 Å². The van der Waals surface area contributed by atoms with Crippen molar-refractivity contribution in [3.63, 3.8) is 0 Å². The Morgan fingerprint density at radius 1 is 1.20 bits per heavy atom. The molecule has 2 aromatic rings. The molecule has 20 heavy (non-hydrogen) atoms. The van der Waals surface area contributed by atoms with E-state index < -0.39 is 5.91 Å². The molecule has 1 amide bonds. The number of nitrogens with two attached hydrogens (primary N) is 1. The number of amides is 1. The third kappa shape index (κ3) is 4.28. The van der Waals surface area contributed by atoms with Crippen molar-refractivity contribution in [1.82, 2.24) is 0 Å². The number of aryl methyl sites for hydroxylation is 1. The van der Waals surface area contributed by atoms with Gasteiger partial charge in [0.25, 0.3) is 0 Å². The monoisotopic (exact) mass is 267 g/mol. The van der Waals surface area contributed by atoms with Crippen molar-refractivity contribution in [3.05, 3.63) is 71.3 Å². The summed E-state index contributed by atoms with van der Waals surface area (Å²) < 4.78 is 5.73. The Morgan fingerprint density at radius 2 is 1.95 bits per heavy atom. The highest BCUT2D eigenvalue weighted by atomic mass is 16.5. The molecular formula is C17H17NO2. The van der Waals surface area contributed by atoms with E-state index in [0.29, 0.717) is 6.61 Å². The summed E-state index contributed by atoms with van der Waals surface area (Å²) in [5.41, 5.74) is 8.30. The summed E-state index contributed by atoms with van der Waals surface area (Å²) in [6.45, 7) is 2.57. The second-order valence-corrected chi connectivity index (χ2v) is 4.58. The standard InChI is InChI=1S/C17H17NO2/c1-13-5-7-15(8-6-13)12-20-16-4-2-3-14(11-16)9-10-17(18)19/h2-11H,12H2,1H3,(H2,18,19)/b10-9+. The molecule has 0 aliphatic heterocycles. The van der Waals surface area contributed by atoms with Crippen LogP contribution in [0.3, 0.4) is 0 Å². The minimum Gasteiger partial charge on any atom is -0.489 e. The average molecular weight is 267 g/mol. The van der Waals surface area contributed by atoms with Gasteiger partial charge in [0, 0.05) is 6.08 Å². The van der Waals surface area contributed by atoms with Crippen LogP contribution in [0.4, 0.5) is 0 Å². The highest BCUT2D eigenvalue weighted by Gasteiger charge is 1.97. The Bertz CT molecular complexity index is 615. The van der Waals surface area contributed by atoms with Crippen molar-refractivity contribution in [1.29, 1.82) is 0 Å². The molecule has 0 fully saturated rings. The molecular weight excluding hydrogens is 250 g/mol. The van der Waals surface area contributed by atoms with E-state index in [1.807, 2.05) is 36.4 Å². The molecule has 0 saturated carbocycles. The largest absolute Gasteiger partial charge is 0.489 e. The number of primary amides is 1. The summed E-state index contributed by atoms with van der Waals surface area (Å²) in [7, 11) is 0. The first-order chi connectivity index (χ1) is 9.63. The Morgan fingerprint density at radius 3 is 2.65 bits per heavy atom. The second-order valence-electron chi connectivity index (χ2n) is 4.58. The lowest BCUT2D eigenvalue weighted by Gasteiger charge is -2.07. The van der Waals surface area contributed by atoms with E-state index in [1.165, 1.54) is 11.6 Å². The average Bonchev–Trinajstić information content (AvgIpc) is 2.45. The van der Waals surface area contributed by atoms with E-state index in [0.717, 1.165) is 16.9 Å². The third-order valence-corrected chi connectivity index (χ3v) is 2.82. The van der Waals surface area contributed by atoms with E-state index in [9.17, 15) is 4.79 Å². The van der Waals surface area contributed by atoms with Crippen LogP contribution in [0.25, 0.3) is 6.08 Å². The Balaban J connectivity index is 2.01. The molecule has 0 saturated heterocycles. The molecule has 0 heterocycles. The molecule has 2 rings (SSSR count). The number of benzene rings is 2. The predicted molar refractivity (Wildman–Crippen MR) is 80.2 cm³/mol. The smallest absolute Gasteiger partial charge is 0.241 e. The minimum absolute atomic E-state index is 0.462. The molecule has 0 atom stereocenters. The number of rotatable bonds is 5. The van der Waals surface area contributed by atoms with Crippen molar-refractivity contribution in [2.45, 2.75) is 13.5 Å². The van der Waals surface area contributed by atoms with Gasteiger partial charge in [0.2, 0.25) is 5.91 Å². The summed E-state index contributed by atoms with van der Waals surface area (Å²) in [6, 6.07) is 15.7. The molecule has 2 aromatic carbocycles. The van der Waals surface area contributed by atoms with Gasteiger partial charge in [-0.2, -0.15) is 0 Å². The van der Waals surface area contributed by atoms with Gasteiger partial charge in [0.15, 0.2) is 0 Å². The molecule has 0 aliphatic carbocycles. The molecule has 102 valence electrons. The maximum atomic E-state index is 10.7. The predicted octanol–water partition coefficient (Wildman–Crippen LogP) is 3.07. The topological polar surface area (TPSA) is 52.3 Å². The van der Waals surface area contributed by atoms with E-state index in [1.54, 1.807) is 6.08 Å². The minimum atomic E-state index is -0.462. The lowest BCUT2D eigenvalue weighted by atomic mass is 10.1. The fourth-order valence-electron chi connectivity index (χ4n) is 1.74. The number of hydrogen-bond donors (Lipinski definition) is 1. The lowest BCUT2D eigenvalue weighted by Crippen LogP contribution is -2.05. The van der Waals surface area contributed by atoms with Crippen LogP contribution in [-0.2, 0) is 11.4 Å². The third-order valence-electron chi connectivity index (χ3n) is 2.82. The van der Waals surface area contributed by atoms with Gasteiger partial charge in [-0.1, -0.05) is 42.0 Å². The van der Waals surface area contributed by atoms with Crippen molar-refractivity contribution < 1.29 is 9.53 Å². The first-order valence-electron chi connectivity index (χ1n) is 6.39. The summed E-state index contributed by atoms with van der Waals surface area (Å²) in [5.74, 6) is 0.299. The van der Waals surface area contributed by atoms with Gasteiger partial charge >= 0.3 is 0 Å². The van der Waals surface area contributed by atoms with E-state index in [-0.39, 0.29) is 0 Å². The zero-order valence-electron chi connectivity index (χ0n) is 11.4. The quantitative estimate of drug-likeness (QED) is 0.846. The normalized spacial score (nSPS) is 10.7. The van der Waals surface area contributed by atoms with Gasteiger partial charge in [-0.25, -0.2) is 0 Å². The second kappa shape index (κ2) is 6.57. The van der Waals surface area contributed by atoms with E-state index in [2.05, 4.69) is 19.1 Å². The molecule has 0 spiro atoms. The van der Waals surface area contributed by atoms with Crippen LogP contribution >= 0.6 is 0 Å². The number of carbonyl (C=O) groups excluding carboxylic acids is 1. The molecule has 3 heteroatoms. The van der Waals surface area contributed by atoms with Crippen LogP contribution < -0.4 is 10.5 Å². The van der Waals surface area contributed by atoms with Crippen LogP contribution in [0.2, 0.25) is 0 Å². The maximum absolute atomic E-state index is 10.7. The zero-order chi connectivity index (χ0) is 14.4. The number of carbonyl (C=O) groups is 1. The van der Waals surface area contributed by atoms with E-state index >= 15 is 0 Å². The van der Waals surface area contributed by atoms with Crippen molar-refractivity contribution in [3.8, 4) is 5.75 Å². The Kier molecular flexibility index (Phi) is 4.56. The van der Waals surface area contributed by atoms with Gasteiger partial charge < -0.3 is 10.5 Å². The fraction of sp³-hybridized carbons (Fsp3) is 0.118. The summed E-state index contributed by atoms with van der Waals surface area (Å²) in [6.07, 6.45) is 3.00. The lowest BCUT2D eigenvalue weighted by molar-refractivity contribution is -0.113. The van der Waals surface area contributed by atoms with Gasteiger partial charge in [-0.15, -0.1) is 0 Å². The molecule has 0 unspecified atom stereocenters. The maximum Gasteiger partial charge on any atom is 0.241 e. The highest BCUT2D eigenvalue weighted by Crippen LogP contribution is 2.16. The van der Waals surface area contributed by atoms with Crippen molar-refractivity contribution >= 4 is 12.0 Å². The fourth-order valence-corrected chi connectivity index (χ4v) is 1.74.